The molecule has 118 valence electrons. The first-order chi connectivity index (χ1) is 10.1. The van der Waals surface area contributed by atoms with Crippen LogP contribution in [0.5, 0.6) is 5.75 Å². The van der Waals surface area contributed by atoms with E-state index in [-0.39, 0.29) is 12.0 Å². The lowest BCUT2D eigenvalue weighted by Gasteiger charge is -2.18. The van der Waals surface area contributed by atoms with Gasteiger partial charge in [-0.15, -0.1) is 0 Å². The van der Waals surface area contributed by atoms with Gasteiger partial charge in [0.15, 0.2) is 0 Å². The number of aliphatic hydroxyl groups excluding tert-OH is 2. The fraction of sp³-hybridized carbons (Fsp3) is 0.647. The number of hydrogen-bond acceptors (Lipinski definition) is 4. The highest BCUT2D eigenvalue weighted by molar-refractivity contribution is 5.39. The maximum atomic E-state index is 10.0. The standard InChI is InChI=1S/C17H27NO3/c1-13-4-3-5-14(2)16(13)21-11-15(20)10-18-12-17(6-7-17)8-9-19/h3-5,15,18-20H,6-12H2,1-2H3. The molecule has 0 saturated heterocycles. The summed E-state index contributed by atoms with van der Waals surface area (Å²) >= 11 is 0. The van der Waals surface area contributed by atoms with Crippen molar-refractivity contribution in [2.24, 2.45) is 5.41 Å². The van der Waals surface area contributed by atoms with E-state index in [1.807, 2.05) is 32.0 Å². The molecule has 1 aliphatic carbocycles. The summed E-state index contributed by atoms with van der Waals surface area (Å²) in [6.45, 7) is 5.97. The van der Waals surface area contributed by atoms with Crippen molar-refractivity contribution in [1.29, 1.82) is 0 Å². The molecule has 0 radical (unpaired) electrons. The molecule has 1 unspecified atom stereocenters. The summed E-state index contributed by atoms with van der Waals surface area (Å²) in [6, 6.07) is 6.03. The molecular formula is C17H27NO3. The van der Waals surface area contributed by atoms with Crippen LogP contribution in [-0.2, 0) is 0 Å². The number of aryl methyl sites for hydroxylation is 2. The monoisotopic (exact) mass is 293 g/mol. The lowest BCUT2D eigenvalue weighted by atomic mass is 10.0. The number of aliphatic hydroxyl groups is 2. The number of para-hydroxylation sites is 1. The van der Waals surface area contributed by atoms with Crippen LogP contribution < -0.4 is 10.1 Å². The molecule has 0 bridgehead atoms. The van der Waals surface area contributed by atoms with Crippen LogP contribution in [-0.4, -0.2) is 42.6 Å². The molecule has 3 N–H and O–H groups in total. The van der Waals surface area contributed by atoms with Crippen molar-refractivity contribution in [3.63, 3.8) is 0 Å². The van der Waals surface area contributed by atoms with E-state index in [4.69, 9.17) is 9.84 Å². The Morgan fingerprint density at radius 1 is 1.29 bits per heavy atom. The number of nitrogens with one attached hydrogen (secondary N) is 1. The van der Waals surface area contributed by atoms with Crippen LogP contribution in [0.1, 0.15) is 30.4 Å². The van der Waals surface area contributed by atoms with Gasteiger partial charge in [-0.25, -0.2) is 0 Å². The second kappa shape index (κ2) is 7.25. The van der Waals surface area contributed by atoms with Crippen molar-refractivity contribution < 1.29 is 14.9 Å². The van der Waals surface area contributed by atoms with Gasteiger partial charge < -0.3 is 20.3 Å². The van der Waals surface area contributed by atoms with E-state index in [0.29, 0.717) is 13.2 Å². The van der Waals surface area contributed by atoms with E-state index in [9.17, 15) is 5.11 Å². The van der Waals surface area contributed by atoms with E-state index < -0.39 is 6.10 Å². The molecule has 21 heavy (non-hydrogen) atoms. The molecule has 1 atom stereocenters. The zero-order valence-corrected chi connectivity index (χ0v) is 13.1. The molecule has 4 nitrogen and oxygen atoms in total. The van der Waals surface area contributed by atoms with Crippen LogP contribution in [0.15, 0.2) is 18.2 Å². The molecule has 1 aromatic rings. The molecule has 0 heterocycles. The Balaban J connectivity index is 1.69. The molecule has 1 aliphatic rings. The molecule has 0 aromatic heterocycles. The van der Waals surface area contributed by atoms with E-state index in [1.165, 1.54) is 12.8 Å². The van der Waals surface area contributed by atoms with Gasteiger partial charge in [0.25, 0.3) is 0 Å². The summed E-state index contributed by atoms with van der Waals surface area (Å²) in [5.74, 6) is 0.871. The maximum absolute atomic E-state index is 10.0. The Bertz CT molecular complexity index is 437. The highest BCUT2D eigenvalue weighted by Crippen LogP contribution is 2.47. The molecule has 2 rings (SSSR count). The molecular weight excluding hydrogens is 266 g/mol. The van der Waals surface area contributed by atoms with Crippen molar-refractivity contribution in [2.75, 3.05) is 26.3 Å². The van der Waals surface area contributed by atoms with Crippen molar-refractivity contribution in [2.45, 2.75) is 39.2 Å². The second-order valence-electron chi connectivity index (χ2n) is 6.29. The largest absolute Gasteiger partial charge is 0.490 e. The van der Waals surface area contributed by atoms with Crippen molar-refractivity contribution in [3.8, 4) is 5.75 Å². The predicted molar refractivity (Wildman–Crippen MR) is 83.7 cm³/mol. The Morgan fingerprint density at radius 2 is 1.95 bits per heavy atom. The lowest BCUT2D eigenvalue weighted by Crippen LogP contribution is -2.35. The van der Waals surface area contributed by atoms with Gasteiger partial charge in [-0.05, 0) is 49.7 Å². The number of hydrogen-bond donors (Lipinski definition) is 3. The van der Waals surface area contributed by atoms with E-state index in [1.54, 1.807) is 0 Å². The van der Waals surface area contributed by atoms with Crippen LogP contribution in [0.25, 0.3) is 0 Å². The van der Waals surface area contributed by atoms with Gasteiger partial charge in [0.2, 0.25) is 0 Å². The van der Waals surface area contributed by atoms with Crippen molar-refractivity contribution in [3.05, 3.63) is 29.3 Å². The summed E-state index contributed by atoms with van der Waals surface area (Å²) < 4.78 is 5.75. The topological polar surface area (TPSA) is 61.7 Å². The van der Waals surface area contributed by atoms with Crippen LogP contribution in [0.4, 0.5) is 0 Å². The fourth-order valence-electron chi connectivity index (χ4n) is 2.70. The number of ether oxygens (including phenoxy) is 1. The third-order valence-corrected chi connectivity index (χ3v) is 4.31. The summed E-state index contributed by atoms with van der Waals surface area (Å²) in [5, 5.41) is 22.3. The van der Waals surface area contributed by atoms with Crippen molar-refractivity contribution >= 4 is 0 Å². The minimum absolute atomic E-state index is 0.250. The van der Waals surface area contributed by atoms with E-state index in [0.717, 1.165) is 29.8 Å². The lowest BCUT2D eigenvalue weighted by molar-refractivity contribution is 0.104. The smallest absolute Gasteiger partial charge is 0.125 e. The maximum Gasteiger partial charge on any atom is 0.125 e. The Labute approximate surface area is 127 Å². The molecule has 0 aliphatic heterocycles. The molecule has 1 saturated carbocycles. The quantitative estimate of drug-likeness (QED) is 0.650. The van der Waals surface area contributed by atoms with Gasteiger partial charge >= 0.3 is 0 Å². The molecule has 1 fully saturated rings. The first-order valence-corrected chi connectivity index (χ1v) is 7.75. The van der Waals surface area contributed by atoms with Crippen molar-refractivity contribution in [1.82, 2.24) is 5.32 Å². The minimum atomic E-state index is -0.520. The van der Waals surface area contributed by atoms with Gasteiger partial charge in [-0.2, -0.15) is 0 Å². The summed E-state index contributed by atoms with van der Waals surface area (Å²) in [4.78, 5) is 0. The molecule has 1 aromatic carbocycles. The van der Waals surface area contributed by atoms with E-state index in [2.05, 4.69) is 5.32 Å². The van der Waals surface area contributed by atoms with Gasteiger partial charge in [-0.1, -0.05) is 18.2 Å². The molecule has 0 amide bonds. The van der Waals surface area contributed by atoms with Gasteiger partial charge in [0.05, 0.1) is 0 Å². The highest BCUT2D eigenvalue weighted by atomic mass is 16.5. The average Bonchev–Trinajstić information content (AvgIpc) is 3.18. The Hall–Kier alpha value is -1.10. The van der Waals surface area contributed by atoms with Gasteiger partial charge in [0.1, 0.15) is 18.5 Å². The van der Waals surface area contributed by atoms with Crippen LogP contribution in [0.3, 0.4) is 0 Å². The zero-order valence-electron chi connectivity index (χ0n) is 13.1. The van der Waals surface area contributed by atoms with E-state index >= 15 is 0 Å². The third kappa shape index (κ3) is 4.70. The highest BCUT2D eigenvalue weighted by Gasteiger charge is 2.41. The predicted octanol–water partition coefficient (Wildman–Crippen LogP) is 1.80. The Kier molecular flexibility index (Phi) is 5.62. The second-order valence-corrected chi connectivity index (χ2v) is 6.29. The van der Waals surface area contributed by atoms with Gasteiger partial charge in [0, 0.05) is 19.7 Å². The first-order valence-electron chi connectivity index (χ1n) is 7.75. The molecule has 0 spiro atoms. The first kappa shape index (κ1) is 16.3. The van der Waals surface area contributed by atoms with Gasteiger partial charge in [-0.3, -0.25) is 0 Å². The van der Waals surface area contributed by atoms with Crippen LogP contribution in [0.2, 0.25) is 0 Å². The third-order valence-electron chi connectivity index (χ3n) is 4.31. The zero-order chi connectivity index (χ0) is 15.3. The summed E-state index contributed by atoms with van der Waals surface area (Å²) in [6.07, 6.45) is 2.69. The Morgan fingerprint density at radius 3 is 2.52 bits per heavy atom. The van der Waals surface area contributed by atoms with Crippen LogP contribution >= 0.6 is 0 Å². The fourth-order valence-corrected chi connectivity index (χ4v) is 2.70. The normalized spacial score (nSPS) is 17.5. The number of benzene rings is 1. The van der Waals surface area contributed by atoms with Crippen LogP contribution in [0, 0.1) is 19.3 Å². The average molecular weight is 293 g/mol. The summed E-state index contributed by atoms with van der Waals surface area (Å²) in [7, 11) is 0. The summed E-state index contributed by atoms with van der Waals surface area (Å²) in [5.41, 5.74) is 2.46. The SMILES string of the molecule is Cc1cccc(C)c1OCC(O)CNCC1(CCO)CC1. The minimum Gasteiger partial charge on any atom is -0.490 e. The molecule has 4 heteroatoms. The number of rotatable bonds is 9.